The maximum Gasteiger partial charge on any atom is 0.307 e. The van der Waals surface area contributed by atoms with E-state index in [1.165, 1.54) is 12.3 Å². The van der Waals surface area contributed by atoms with Crippen LogP contribution in [0.3, 0.4) is 0 Å². The van der Waals surface area contributed by atoms with Gasteiger partial charge in [-0.2, -0.15) is 5.10 Å². The zero-order valence-electron chi connectivity index (χ0n) is 15.3. The molecule has 1 aromatic heterocycles. The molecule has 3 aromatic rings. The number of hydrogen-bond donors (Lipinski definition) is 3. The molecule has 28 heavy (non-hydrogen) atoms. The van der Waals surface area contributed by atoms with E-state index in [4.69, 9.17) is 4.42 Å². The number of hydrazone groups is 1. The van der Waals surface area contributed by atoms with Crippen molar-refractivity contribution in [3.63, 3.8) is 0 Å². The van der Waals surface area contributed by atoms with Crippen molar-refractivity contribution in [2.45, 2.75) is 13.3 Å². The number of benzene rings is 2. The lowest BCUT2D eigenvalue weighted by molar-refractivity contribution is -0.115. The van der Waals surface area contributed by atoms with Gasteiger partial charge in [0.2, 0.25) is 5.91 Å². The highest BCUT2D eigenvalue weighted by Gasteiger charge is 2.09. The molecule has 0 radical (unpaired) electrons. The summed E-state index contributed by atoms with van der Waals surface area (Å²) >= 11 is 0. The summed E-state index contributed by atoms with van der Waals surface area (Å²) in [5.74, 6) is -0.534. The van der Waals surface area contributed by atoms with Gasteiger partial charge in [0.25, 0.3) is 0 Å². The number of rotatable bonds is 7. The first kappa shape index (κ1) is 18.9. The standard InChI is InChI=1S/C21H20N4O3/c1-15(24-25-21(27)19-8-5-13-28-19)14-20(26)23-18-11-9-17(10-12-18)22-16-6-3-2-4-7-16/h2-13,22H,14H2,1H3,(H,23,26)(H,25,27)/b24-15+. The van der Waals surface area contributed by atoms with E-state index in [9.17, 15) is 9.59 Å². The van der Waals surface area contributed by atoms with Crippen LogP contribution in [0.1, 0.15) is 23.9 Å². The summed E-state index contributed by atoms with van der Waals surface area (Å²) in [5.41, 5.74) is 5.41. The van der Waals surface area contributed by atoms with Crippen LogP contribution < -0.4 is 16.1 Å². The van der Waals surface area contributed by atoms with E-state index in [0.29, 0.717) is 11.4 Å². The van der Waals surface area contributed by atoms with Gasteiger partial charge in [-0.1, -0.05) is 18.2 Å². The van der Waals surface area contributed by atoms with Gasteiger partial charge < -0.3 is 15.1 Å². The number of amides is 2. The SMILES string of the molecule is C/C(CC(=O)Nc1ccc(Nc2ccccc2)cc1)=N\NC(=O)c1ccco1. The molecule has 0 saturated carbocycles. The second kappa shape index (κ2) is 9.18. The van der Waals surface area contributed by atoms with Crippen molar-refractivity contribution in [2.24, 2.45) is 5.10 Å². The average Bonchev–Trinajstić information content (AvgIpc) is 3.23. The van der Waals surface area contributed by atoms with Crippen molar-refractivity contribution in [1.29, 1.82) is 0 Å². The number of anilines is 3. The minimum absolute atomic E-state index is 0.0580. The lowest BCUT2D eigenvalue weighted by Crippen LogP contribution is -2.21. The van der Waals surface area contributed by atoms with Gasteiger partial charge >= 0.3 is 5.91 Å². The van der Waals surface area contributed by atoms with Crippen LogP contribution in [0.25, 0.3) is 0 Å². The molecule has 7 heteroatoms. The average molecular weight is 376 g/mol. The van der Waals surface area contributed by atoms with Crippen molar-refractivity contribution in [3.8, 4) is 0 Å². The lowest BCUT2D eigenvalue weighted by atomic mass is 10.2. The van der Waals surface area contributed by atoms with E-state index < -0.39 is 5.91 Å². The van der Waals surface area contributed by atoms with Crippen molar-refractivity contribution >= 4 is 34.6 Å². The van der Waals surface area contributed by atoms with Crippen LogP contribution in [0, 0.1) is 0 Å². The number of nitrogens with zero attached hydrogens (tertiary/aromatic N) is 1. The molecule has 3 N–H and O–H groups in total. The molecule has 0 unspecified atom stereocenters. The van der Waals surface area contributed by atoms with Gasteiger partial charge in [0.05, 0.1) is 12.7 Å². The highest BCUT2D eigenvalue weighted by Crippen LogP contribution is 2.18. The van der Waals surface area contributed by atoms with Gasteiger partial charge in [0, 0.05) is 22.8 Å². The summed E-state index contributed by atoms with van der Waals surface area (Å²) < 4.78 is 4.97. The molecular weight excluding hydrogens is 356 g/mol. The third-order valence-corrected chi connectivity index (χ3v) is 3.74. The third kappa shape index (κ3) is 5.57. The minimum atomic E-state index is -0.466. The molecule has 0 aliphatic heterocycles. The lowest BCUT2D eigenvalue weighted by Gasteiger charge is -2.09. The molecular formula is C21H20N4O3. The quantitative estimate of drug-likeness (QED) is 0.426. The highest BCUT2D eigenvalue weighted by atomic mass is 16.3. The molecule has 1 heterocycles. The number of carbonyl (C=O) groups excluding carboxylic acids is 2. The normalized spacial score (nSPS) is 11.0. The fourth-order valence-corrected chi connectivity index (χ4v) is 2.41. The molecule has 2 aromatic carbocycles. The zero-order chi connectivity index (χ0) is 19.8. The number of nitrogens with one attached hydrogen (secondary N) is 3. The highest BCUT2D eigenvalue weighted by molar-refractivity contribution is 6.06. The molecule has 3 rings (SSSR count). The Hall–Kier alpha value is -3.87. The maximum atomic E-state index is 12.1. The summed E-state index contributed by atoms with van der Waals surface area (Å²) in [6.07, 6.45) is 1.46. The van der Waals surface area contributed by atoms with Gasteiger partial charge in [-0.15, -0.1) is 0 Å². The van der Waals surface area contributed by atoms with E-state index in [1.807, 2.05) is 54.6 Å². The summed E-state index contributed by atoms with van der Waals surface area (Å²) in [5, 5.41) is 9.99. The fraction of sp³-hybridized carbons (Fsp3) is 0.0952. The van der Waals surface area contributed by atoms with E-state index in [2.05, 4.69) is 21.2 Å². The Kier molecular flexibility index (Phi) is 6.20. The van der Waals surface area contributed by atoms with Crippen molar-refractivity contribution in [3.05, 3.63) is 78.8 Å². The molecule has 2 amide bonds. The Balaban J connectivity index is 1.48. The van der Waals surface area contributed by atoms with Crippen molar-refractivity contribution in [1.82, 2.24) is 5.43 Å². The molecule has 0 fully saturated rings. The molecule has 0 atom stereocenters. The van der Waals surface area contributed by atoms with Gasteiger partial charge in [-0.05, 0) is 55.5 Å². The largest absolute Gasteiger partial charge is 0.459 e. The Morgan fingerprint density at radius 3 is 2.25 bits per heavy atom. The molecule has 0 aliphatic carbocycles. The maximum absolute atomic E-state index is 12.1. The van der Waals surface area contributed by atoms with Crippen LogP contribution >= 0.6 is 0 Å². The number of hydrogen-bond acceptors (Lipinski definition) is 5. The number of furan rings is 1. The van der Waals surface area contributed by atoms with Gasteiger partial charge in [-0.3, -0.25) is 9.59 Å². The van der Waals surface area contributed by atoms with E-state index in [1.54, 1.807) is 13.0 Å². The Bertz CT molecular complexity index is 949. The first-order valence-corrected chi connectivity index (χ1v) is 8.69. The van der Waals surface area contributed by atoms with Crippen LogP contribution in [0.15, 0.2) is 82.5 Å². The predicted octanol–water partition coefficient (Wildman–Crippen LogP) is 4.16. The van der Waals surface area contributed by atoms with Crippen LogP contribution in [0.4, 0.5) is 17.1 Å². The second-order valence-electron chi connectivity index (χ2n) is 6.06. The van der Waals surface area contributed by atoms with Crippen molar-refractivity contribution < 1.29 is 14.0 Å². The van der Waals surface area contributed by atoms with Crippen LogP contribution in [0.5, 0.6) is 0 Å². The fourth-order valence-electron chi connectivity index (χ4n) is 2.41. The molecule has 7 nitrogen and oxygen atoms in total. The first-order chi connectivity index (χ1) is 13.6. The summed E-state index contributed by atoms with van der Waals surface area (Å²) in [7, 11) is 0. The van der Waals surface area contributed by atoms with Crippen LogP contribution in [0.2, 0.25) is 0 Å². The number of para-hydroxylation sites is 1. The number of carbonyl (C=O) groups is 2. The third-order valence-electron chi connectivity index (χ3n) is 3.74. The smallest absolute Gasteiger partial charge is 0.307 e. The Morgan fingerprint density at radius 1 is 0.893 bits per heavy atom. The monoisotopic (exact) mass is 376 g/mol. The summed E-state index contributed by atoms with van der Waals surface area (Å²) in [6, 6.07) is 20.4. The molecule has 0 spiro atoms. The van der Waals surface area contributed by atoms with Crippen LogP contribution in [-0.4, -0.2) is 17.5 Å². The second-order valence-corrected chi connectivity index (χ2v) is 6.06. The molecule has 142 valence electrons. The van der Waals surface area contributed by atoms with Gasteiger partial charge in [0.15, 0.2) is 5.76 Å². The van der Waals surface area contributed by atoms with E-state index in [0.717, 1.165) is 11.4 Å². The molecule has 0 aliphatic rings. The Morgan fingerprint density at radius 2 is 1.57 bits per heavy atom. The molecule has 0 bridgehead atoms. The zero-order valence-corrected chi connectivity index (χ0v) is 15.3. The minimum Gasteiger partial charge on any atom is -0.459 e. The van der Waals surface area contributed by atoms with E-state index in [-0.39, 0.29) is 18.1 Å². The Labute approximate surface area is 162 Å². The predicted molar refractivity (Wildman–Crippen MR) is 109 cm³/mol. The van der Waals surface area contributed by atoms with Gasteiger partial charge in [0.1, 0.15) is 0 Å². The summed E-state index contributed by atoms with van der Waals surface area (Å²) in [4.78, 5) is 23.9. The first-order valence-electron chi connectivity index (χ1n) is 8.69. The topological polar surface area (TPSA) is 95.7 Å². The van der Waals surface area contributed by atoms with E-state index >= 15 is 0 Å². The van der Waals surface area contributed by atoms with Crippen LogP contribution in [-0.2, 0) is 4.79 Å². The van der Waals surface area contributed by atoms with Crippen molar-refractivity contribution in [2.75, 3.05) is 10.6 Å². The summed E-state index contributed by atoms with van der Waals surface area (Å²) in [6.45, 7) is 1.66. The van der Waals surface area contributed by atoms with Gasteiger partial charge in [-0.25, -0.2) is 5.43 Å². The molecule has 0 saturated heterocycles.